The van der Waals surface area contributed by atoms with Crippen LogP contribution in [0.1, 0.15) is 149 Å². The maximum Gasteiger partial charge on any atom is 0.469 e. The molecule has 0 saturated heterocycles. The molecule has 0 amide bonds. The van der Waals surface area contributed by atoms with Crippen molar-refractivity contribution in [1.82, 2.24) is 0 Å². The lowest BCUT2D eigenvalue weighted by Gasteiger charge is -2.18. The molecule has 2 N–H and O–H groups in total. The zero-order chi connectivity index (χ0) is 31.9. The van der Waals surface area contributed by atoms with Crippen molar-refractivity contribution in [3.05, 3.63) is 36.5 Å². The molecule has 0 rings (SSSR count). The summed E-state index contributed by atoms with van der Waals surface area (Å²) in [6, 6.07) is 0. The van der Waals surface area contributed by atoms with E-state index < -0.39 is 32.5 Å². The highest BCUT2D eigenvalue weighted by molar-refractivity contribution is 7.46. The van der Waals surface area contributed by atoms with E-state index in [9.17, 15) is 14.2 Å². The second-order valence-electron chi connectivity index (χ2n) is 11.1. The van der Waals surface area contributed by atoms with Crippen molar-refractivity contribution < 1.29 is 37.9 Å². The molecule has 0 aromatic rings. The van der Waals surface area contributed by atoms with E-state index >= 15 is 0 Å². The summed E-state index contributed by atoms with van der Waals surface area (Å²) in [5.74, 6) is -0.933. The van der Waals surface area contributed by atoms with Gasteiger partial charge in [0.15, 0.2) is 6.10 Å². The van der Waals surface area contributed by atoms with Gasteiger partial charge >= 0.3 is 19.8 Å². The normalized spacial score (nSPS) is 12.9. The molecule has 0 unspecified atom stereocenters. The fraction of sp³-hybridized carbons (Fsp3) is 0.765. The first-order valence-electron chi connectivity index (χ1n) is 16.8. The van der Waals surface area contributed by atoms with E-state index in [4.69, 9.17) is 19.3 Å². The van der Waals surface area contributed by atoms with Gasteiger partial charge in [-0.05, 0) is 51.4 Å². The number of hydrogen-bond acceptors (Lipinski definition) is 6. The number of allylic oxidation sites excluding steroid dienone is 6. The van der Waals surface area contributed by atoms with Gasteiger partial charge in [0.1, 0.15) is 6.61 Å². The molecule has 0 bridgehead atoms. The molecule has 1 atom stereocenters. The smallest absolute Gasteiger partial charge is 0.462 e. The molecule has 250 valence electrons. The van der Waals surface area contributed by atoms with E-state index in [1.54, 1.807) is 0 Å². The van der Waals surface area contributed by atoms with E-state index in [0.29, 0.717) is 12.8 Å². The van der Waals surface area contributed by atoms with Crippen molar-refractivity contribution in [1.29, 1.82) is 0 Å². The maximum absolute atomic E-state index is 12.3. The number of unbranched alkanes of at least 4 members (excludes halogenated alkanes) is 14. The van der Waals surface area contributed by atoms with Gasteiger partial charge < -0.3 is 19.3 Å². The highest BCUT2D eigenvalue weighted by atomic mass is 31.2. The minimum atomic E-state index is -4.75. The van der Waals surface area contributed by atoms with Crippen LogP contribution in [-0.2, 0) is 28.2 Å². The molecule has 0 spiro atoms. The number of carbonyl (C=O) groups is 2. The van der Waals surface area contributed by atoms with Crippen LogP contribution < -0.4 is 0 Å². The average Bonchev–Trinajstić information content (AvgIpc) is 2.97. The third-order valence-electron chi connectivity index (χ3n) is 6.91. The van der Waals surface area contributed by atoms with Gasteiger partial charge in [-0.15, -0.1) is 0 Å². The van der Waals surface area contributed by atoms with Crippen LogP contribution in [0, 0.1) is 0 Å². The number of esters is 2. The summed E-state index contributed by atoms with van der Waals surface area (Å²) in [5, 5.41) is 0. The fourth-order valence-electron chi connectivity index (χ4n) is 4.38. The number of ether oxygens (including phenoxy) is 2. The topological polar surface area (TPSA) is 119 Å². The quantitative estimate of drug-likeness (QED) is 0.0349. The van der Waals surface area contributed by atoms with Crippen LogP contribution in [0.5, 0.6) is 0 Å². The Morgan fingerprint density at radius 2 is 1.05 bits per heavy atom. The van der Waals surface area contributed by atoms with E-state index in [1.165, 1.54) is 57.8 Å². The van der Waals surface area contributed by atoms with Crippen LogP contribution >= 0.6 is 7.82 Å². The van der Waals surface area contributed by atoms with Gasteiger partial charge in [-0.25, -0.2) is 4.57 Å². The third kappa shape index (κ3) is 33.0. The second kappa shape index (κ2) is 30.3. The minimum absolute atomic E-state index is 0.205. The van der Waals surface area contributed by atoms with Crippen molar-refractivity contribution in [2.75, 3.05) is 13.2 Å². The van der Waals surface area contributed by atoms with Gasteiger partial charge in [0.25, 0.3) is 0 Å². The van der Waals surface area contributed by atoms with E-state index in [2.05, 4.69) is 54.8 Å². The average molecular weight is 629 g/mol. The highest BCUT2D eigenvalue weighted by Crippen LogP contribution is 2.35. The Kier molecular flexibility index (Phi) is 29.1. The molecule has 0 radical (unpaired) electrons. The lowest BCUT2D eigenvalue weighted by Crippen LogP contribution is -2.29. The van der Waals surface area contributed by atoms with Gasteiger partial charge in [-0.2, -0.15) is 0 Å². The Morgan fingerprint density at radius 3 is 1.60 bits per heavy atom. The van der Waals surface area contributed by atoms with Gasteiger partial charge in [-0.1, -0.05) is 121 Å². The molecule has 0 heterocycles. The molecule has 0 saturated carbocycles. The van der Waals surface area contributed by atoms with Crippen LogP contribution in [0.2, 0.25) is 0 Å². The van der Waals surface area contributed by atoms with Crippen LogP contribution in [0.4, 0.5) is 0 Å². The summed E-state index contributed by atoms with van der Waals surface area (Å²) in [5.41, 5.74) is 0. The zero-order valence-corrected chi connectivity index (χ0v) is 28.0. The van der Waals surface area contributed by atoms with Crippen molar-refractivity contribution in [3.8, 4) is 0 Å². The van der Waals surface area contributed by atoms with Crippen LogP contribution in [0.3, 0.4) is 0 Å². The monoisotopic (exact) mass is 628 g/mol. The molecule has 43 heavy (non-hydrogen) atoms. The molecule has 0 aliphatic heterocycles. The van der Waals surface area contributed by atoms with Gasteiger partial charge in [-0.3, -0.25) is 14.1 Å². The molecule has 0 aliphatic carbocycles. The number of hydrogen-bond donors (Lipinski definition) is 2. The number of phosphoric ester groups is 1. The summed E-state index contributed by atoms with van der Waals surface area (Å²) < 4.78 is 26.1. The van der Waals surface area contributed by atoms with Gasteiger partial charge in [0.05, 0.1) is 6.61 Å². The molecular formula is C34H61O8P. The van der Waals surface area contributed by atoms with Gasteiger partial charge in [0.2, 0.25) is 0 Å². The van der Waals surface area contributed by atoms with E-state index in [0.717, 1.165) is 51.4 Å². The van der Waals surface area contributed by atoms with Crippen molar-refractivity contribution in [3.63, 3.8) is 0 Å². The Labute approximate surface area is 262 Å². The van der Waals surface area contributed by atoms with E-state index in [-0.39, 0.29) is 19.4 Å². The summed E-state index contributed by atoms with van der Waals surface area (Å²) in [6.45, 7) is 3.58. The maximum atomic E-state index is 12.3. The Bertz CT molecular complexity index is 802. The first-order valence-corrected chi connectivity index (χ1v) is 18.3. The summed E-state index contributed by atoms with van der Waals surface area (Å²) >= 11 is 0. The van der Waals surface area contributed by atoms with Crippen molar-refractivity contribution in [2.45, 2.75) is 155 Å². The lowest BCUT2D eigenvalue weighted by molar-refractivity contribution is -0.161. The second-order valence-corrected chi connectivity index (χ2v) is 12.4. The first-order chi connectivity index (χ1) is 20.8. The predicted molar refractivity (Wildman–Crippen MR) is 175 cm³/mol. The Hall–Kier alpha value is -1.73. The van der Waals surface area contributed by atoms with Crippen LogP contribution in [0.25, 0.3) is 0 Å². The van der Waals surface area contributed by atoms with Crippen LogP contribution in [-0.4, -0.2) is 41.0 Å². The molecular weight excluding hydrogens is 567 g/mol. The molecule has 0 aliphatic rings. The van der Waals surface area contributed by atoms with Crippen LogP contribution in [0.15, 0.2) is 36.5 Å². The highest BCUT2D eigenvalue weighted by Gasteiger charge is 2.22. The Morgan fingerprint density at radius 1 is 0.605 bits per heavy atom. The summed E-state index contributed by atoms with van der Waals surface area (Å²) in [6.07, 6.45) is 33.0. The largest absolute Gasteiger partial charge is 0.469 e. The van der Waals surface area contributed by atoms with Gasteiger partial charge in [0, 0.05) is 12.8 Å². The fourth-order valence-corrected chi connectivity index (χ4v) is 4.74. The number of rotatable bonds is 30. The van der Waals surface area contributed by atoms with E-state index in [1.807, 2.05) is 0 Å². The first kappa shape index (κ1) is 41.3. The predicted octanol–water partition coefficient (Wildman–Crippen LogP) is 9.45. The summed E-state index contributed by atoms with van der Waals surface area (Å²) in [4.78, 5) is 42.4. The number of carbonyl (C=O) groups excluding carboxylic acids is 2. The summed E-state index contributed by atoms with van der Waals surface area (Å²) in [7, 11) is -4.75. The van der Waals surface area contributed by atoms with Crippen molar-refractivity contribution in [2.24, 2.45) is 0 Å². The lowest BCUT2D eigenvalue weighted by atomic mass is 10.1. The molecule has 0 aromatic heterocycles. The molecule has 9 heteroatoms. The number of phosphoric acid groups is 1. The molecule has 8 nitrogen and oxygen atoms in total. The standard InChI is InChI=1S/C34H61O8P/c1-3-5-7-9-11-13-15-16-17-18-19-21-22-24-26-28-33(35)40-30-32(31-41-43(37,38)39)42-34(36)29-27-25-23-20-14-12-10-8-6-4-2/h11,13,16-17,19,21,32H,3-10,12,14-15,18,20,22-31H2,1-2H3,(H2,37,38,39)/b13-11-,17-16-,21-19-/t32-/m1/s1. The molecule has 0 fully saturated rings. The minimum Gasteiger partial charge on any atom is -0.462 e. The molecule has 0 aromatic carbocycles. The zero-order valence-electron chi connectivity index (χ0n) is 27.1. The third-order valence-corrected chi connectivity index (χ3v) is 7.40. The van der Waals surface area contributed by atoms with Crippen molar-refractivity contribution >= 4 is 19.8 Å². The SMILES string of the molecule is CCCCC/C=C\C/C=C\C/C=C\CCCCC(=O)OC[C@H](COP(=O)(O)O)OC(=O)CCCCCCCCCCCC. The Balaban J connectivity index is 4.09.